The molecule has 4 nitrogen and oxygen atoms in total. The van der Waals surface area contributed by atoms with Crippen molar-refractivity contribution in [3.05, 3.63) is 29.8 Å². The summed E-state index contributed by atoms with van der Waals surface area (Å²) in [4.78, 5) is 4.78. The number of para-hydroxylation sites is 1. The molecule has 1 saturated carbocycles. The molecule has 0 aliphatic heterocycles. The van der Waals surface area contributed by atoms with Gasteiger partial charge in [0.25, 0.3) is 0 Å². The van der Waals surface area contributed by atoms with E-state index in [1.54, 1.807) is 7.11 Å². The number of rotatable bonds is 7. The predicted octanol–water partition coefficient (Wildman–Crippen LogP) is 3.31. The van der Waals surface area contributed by atoms with Crippen LogP contribution in [0, 0.1) is 0 Å². The standard InChI is InChI=1S/C17H27N3O.HI/c1-4-12-19-16(18-5-2)20-13-17(10-11-17)14-8-6-7-9-15(14)21-3;/h6-9H,4-5,10-13H2,1-3H3,(H2,18,19,20);1H. The molecule has 1 aliphatic rings. The van der Waals surface area contributed by atoms with Crippen molar-refractivity contribution in [1.82, 2.24) is 10.6 Å². The number of hydrogen-bond acceptors (Lipinski definition) is 2. The highest BCUT2D eigenvalue weighted by Gasteiger charge is 2.45. The van der Waals surface area contributed by atoms with Crippen LogP contribution < -0.4 is 15.4 Å². The Morgan fingerprint density at radius 2 is 1.95 bits per heavy atom. The first kappa shape index (κ1) is 19.1. The van der Waals surface area contributed by atoms with Gasteiger partial charge in [-0.05, 0) is 32.3 Å². The van der Waals surface area contributed by atoms with Crippen molar-refractivity contribution in [2.45, 2.75) is 38.5 Å². The molecule has 0 heterocycles. The first-order valence-corrected chi connectivity index (χ1v) is 7.91. The maximum atomic E-state index is 5.51. The highest BCUT2D eigenvalue weighted by Crippen LogP contribution is 2.51. The van der Waals surface area contributed by atoms with E-state index in [4.69, 9.17) is 9.73 Å². The molecule has 1 aliphatic carbocycles. The van der Waals surface area contributed by atoms with E-state index < -0.39 is 0 Å². The molecule has 22 heavy (non-hydrogen) atoms. The number of nitrogens with zero attached hydrogens (tertiary/aromatic N) is 1. The summed E-state index contributed by atoms with van der Waals surface area (Å²) in [5.74, 6) is 1.90. The lowest BCUT2D eigenvalue weighted by atomic mass is 9.95. The molecule has 124 valence electrons. The first-order valence-electron chi connectivity index (χ1n) is 7.91. The number of guanidine groups is 1. The molecule has 1 fully saturated rings. The fourth-order valence-corrected chi connectivity index (χ4v) is 2.56. The second-order valence-electron chi connectivity index (χ2n) is 5.60. The Kier molecular flexibility index (Phi) is 8.00. The van der Waals surface area contributed by atoms with Gasteiger partial charge in [-0.25, -0.2) is 0 Å². The number of methoxy groups -OCH3 is 1. The summed E-state index contributed by atoms with van der Waals surface area (Å²) >= 11 is 0. The summed E-state index contributed by atoms with van der Waals surface area (Å²) in [5.41, 5.74) is 1.46. The van der Waals surface area contributed by atoms with Gasteiger partial charge in [0.1, 0.15) is 5.75 Å². The number of halogens is 1. The molecule has 0 unspecified atom stereocenters. The van der Waals surface area contributed by atoms with Crippen LogP contribution in [0.3, 0.4) is 0 Å². The van der Waals surface area contributed by atoms with Crippen LogP contribution in [0.5, 0.6) is 5.75 Å². The van der Waals surface area contributed by atoms with Crippen molar-refractivity contribution in [3.8, 4) is 5.75 Å². The van der Waals surface area contributed by atoms with Gasteiger partial charge >= 0.3 is 0 Å². The van der Waals surface area contributed by atoms with E-state index in [0.29, 0.717) is 0 Å². The van der Waals surface area contributed by atoms with Crippen LogP contribution in [-0.2, 0) is 5.41 Å². The van der Waals surface area contributed by atoms with Crippen molar-refractivity contribution in [2.24, 2.45) is 4.99 Å². The van der Waals surface area contributed by atoms with Crippen LogP contribution in [0.2, 0.25) is 0 Å². The molecule has 0 atom stereocenters. The van der Waals surface area contributed by atoms with Crippen LogP contribution in [0.25, 0.3) is 0 Å². The molecule has 1 aromatic carbocycles. The summed E-state index contributed by atoms with van der Waals surface area (Å²) in [5, 5.41) is 6.66. The van der Waals surface area contributed by atoms with E-state index in [0.717, 1.165) is 37.8 Å². The maximum absolute atomic E-state index is 5.51. The SMILES string of the molecule is CCCNC(=NCC1(c2ccccc2OC)CC1)NCC.I. The van der Waals surface area contributed by atoms with Gasteiger partial charge in [-0.3, -0.25) is 4.99 Å². The van der Waals surface area contributed by atoms with Crippen LogP contribution >= 0.6 is 24.0 Å². The number of hydrogen-bond donors (Lipinski definition) is 2. The Morgan fingerprint density at radius 3 is 2.55 bits per heavy atom. The van der Waals surface area contributed by atoms with Crippen LogP contribution in [0.4, 0.5) is 0 Å². The minimum atomic E-state index is 0. The van der Waals surface area contributed by atoms with E-state index in [1.807, 2.05) is 12.1 Å². The molecule has 2 rings (SSSR count). The van der Waals surface area contributed by atoms with Crippen LogP contribution in [0.1, 0.15) is 38.7 Å². The summed E-state index contributed by atoms with van der Waals surface area (Å²) in [7, 11) is 1.74. The van der Waals surface area contributed by atoms with Gasteiger partial charge in [-0.15, -0.1) is 24.0 Å². The Hall–Kier alpha value is -0.980. The molecular formula is C17H28IN3O. The van der Waals surface area contributed by atoms with Gasteiger partial charge in [0.15, 0.2) is 5.96 Å². The molecule has 5 heteroatoms. The normalized spacial score (nSPS) is 15.7. The summed E-state index contributed by atoms with van der Waals surface area (Å²) in [6.45, 7) is 6.90. The smallest absolute Gasteiger partial charge is 0.191 e. The van der Waals surface area contributed by atoms with E-state index in [-0.39, 0.29) is 29.4 Å². The first-order chi connectivity index (χ1) is 10.3. The van der Waals surface area contributed by atoms with Crippen molar-refractivity contribution in [2.75, 3.05) is 26.7 Å². The monoisotopic (exact) mass is 417 g/mol. The van der Waals surface area contributed by atoms with E-state index in [9.17, 15) is 0 Å². The molecule has 2 N–H and O–H groups in total. The van der Waals surface area contributed by atoms with Crippen LogP contribution in [-0.4, -0.2) is 32.7 Å². The van der Waals surface area contributed by atoms with Crippen molar-refractivity contribution < 1.29 is 4.74 Å². The lowest BCUT2D eigenvalue weighted by molar-refractivity contribution is 0.404. The zero-order valence-electron chi connectivity index (χ0n) is 13.8. The Morgan fingerprint density at radius 1 is 1.23 bits per heavy atom. The molecular weight excluding hydrogens is 389 g/mol. The molecule has 1 aromatic rings. The Labute approximate surface area is 151 Å². The lowest BCUT2D eigenvalue weighted by Gasteiger charge is -2.18. The number of nitrogens with one attached hydrogen (secondary N) is 2. The molecule has 0 bridgehead atoms. The fourth-order valence-electron chi connectivity index (χ4n) is 2.56. The summed E-state index contributed by atoms with van der Waals surface area (Å²) < 4.78 is 5.51. The highest BCUT2D eigenvalue weighted by atomic mass is 127. The van der Waals surface area contributed by atoms with Gasteiger partial charge in [-0.2, -0.15) is 0 Å². The summed E-state index contributed by atoms with van der Waals surface area (Å²) in [6, 6.07) is 8.32. The summed E-state index contributed by atoms with van der Waals surface area (Å²) in [6.07, 6.45) is 3.47. The lowest BCUT2D eigenvalue weighted by Crippen LogP contribution is -2.38. The quantitative estimate of drug-likeness (QED) is 0.407. The minimum Gasteiger partial charge on any atom is -0.496 e. The minimum absolute atomic E-state index is 0. The van der Waals surface area contributed by atoms with Crippen molar-refractivity contribution in [3.63, 3.8) is 0 Å². The average Bonchev–Trinajstić information content (AvgIpc) is 3.31. The molecule has 0 saturated heterocycles. The predicted molar refractivity (Wildman–Crippen MR) is 104 cm³/mol. The van der Waals surface area contributed by atoms with Gasteiger partial charge < -0.3 is 15.4 Å². The average molecular weight is 417 g/mol. The van der Waals surface area contributed by atoms with Gasteiger partial charge in [0, 0.05) is 24.1 Å². The van der Waals surface area contributed by atoms with Gasteiger partial charge in [0.05, 0.1) is 13.7 Å². The third kappa shape index (κ3) is 4.76. The number of benzene rings is 1. The number of aliphatic imine (C=N–C) groups is 1. The van der Waals surface area contributed by atoms with Crippen molar-refractivity contribution in [1.29, 1.82) is 0 Å². The Bertz CT molecular complexity index is 487. The van der Waals surface area contributed by atoms with E-state index in [1.165, 1.54) is 18.4 Å². The molecule has 0 radical (unpaired) electrons. The third-order valence-electron chi connectivity index (χ3n) is 3.96. The topological polar surface area (TPSA) is 45.7 Å². The third-order valence-corrected chi connectivity index (χ3v) is 3.96. The van der Waals surface area contributed by atoms with Gasteiger partial charge in [0.2, 0.25) is 0 Å². The van der Waals surface area contributed by atoms with Crippen LogP contribution in [0.15, 0.2) is 29.3 Å². The molecule has 0 amide bonds. The van der Waals surface area contributed by atoms with Gasteiger partial charge in [-0.1, -0.05) is 25.1 Å². The number of ether oxygens (including phenoxy) is 1. The Balaban J connectivity index is 0.00000242. The molecule has 0 spiro atoms. The second-order valence-corrected chi connectivity index (χ2v) is 5.60. The van der Waals surface area contributed by atoms with E-state index >= 15 is 0 Å². The zero-order chi connectivity index (χ0) is 15.1. The fraction of sp³-hybridized carbons (Fsp3) is 0.588. The zero-order valence-corrected chi connectivity index (χ0v) is 16.1. The highest BCUT2D eigenvalue weighted by molar-refractivity contribution is 14.0. The molecule has 0 aromatic heterocycles. The van der Waals surface area contributed by atoms with E-state index in [2.05, 4.69) is 36.6 Å². The maximum Gasteiger partial charge on any atom is 0.191 e. The second kappa shape index (κ2) is 9.22. The largest absolute Gasteiger partial charge is 0.496 e. The van der Waals surface area contributed by atoms with Crippen molar-refractivity contribution >= 4 is 29.9 Å².